The standard InChI is InChI=1S/C18H25N5O9/c1-10(17(30)21-9-32-8-12(19)24)22-13(25)7-20-18(31)11(3-2-4-16(28)29)23-14(26)5-6-15(23)27/h5-6,10-11H,2-4,7-9H2,1H3,(H2,19,24)(H,20,31)(H,21,30)(H,22,25)(H,28,29). The molecule has 0 bridgehead atoms. The first kappa shape index (κ1) is 26.2. The van der Waals surface area contributed by atoms with Gasteiger partial charge in [0.15, 0.2) is 0 Å². The van der Waals surface area contributed by atoms with E-state index in [1.54, 1.807) is 0 Å². The number of aliphatic carboxylic acids is 1. The molecule has 0 saturated carbocycles. The quantitative estimate of drug-likeness (QED) is 0.101. The van der Waals surface area contributed by atoms with E-state index >= 15 is 0 Å². The maximum Gasteiger partial charge on any atom is 0.303 e. The number of nitrogens with one attached hydrogen (secondary N) is 3. The number of rotatable bonds is 14. The molecule has 6 N–H and O–H groups in total. The van der Waals surface area contributed by atoms with Gasteiger partial charge in [-0.15, -0.1) is 0 Å². The van der Waals surface area contributed by atoms with E-state index in [1.807, 2.05) is 0 Å². The molecule has 0 spiro atoms. The van der Waals surface area contributed by atoms with Gasteiger partial charge in [0.25, 0.3) is 11.8 Å². The van der Waals surface area contributed by atoms with E-state index in [0.29, 0.717) is 4.90 Å². The summed E-state index contributed by atoms with van der Waals surface area (Å²) in [6.45, 7) is 0.111. The van der Waals surface area contributed by atoms with Crippen LogP contribution in [-0.2, 0) is 38.3 Å². The van der Waals surface area contributed by atoms with Crippen LogP contribution >= 0.6 is 0 Å². The van der Waals surface area contributed by atoms with Gasteiger partial charge in [-0.3, -0.25) is 38.5 Å². The molecule has 1 aliphatic heterocycles. The van der Waals surface area contributed by atoms with Crippen molar-refractivity contribution >= 4 is 41.4 Å². The number of nitrogens with two attached hydrogens (primary N) is 1. The second kappa shape index (κ2) is 12.8. The summed E-state index contributed by atoms with van der Waals surface area (Å²) in [7, 11) is 0. The summed E-state index contributed by atoms with van der Waals surface area (Å²) in [5.41, 5.74) is 4.87. The molecule has 0 radical (unpaired) electrons. The highest BCUT2D eigenvalue weighted by Gasteiger charge is 2.35. The predicted octanol–water partition coefficient (Wildman–Crippen LogP) is -3.27. The van der Waals surface area contributed by atoms with E-state index in [-0.39, 0.29) is 26.0 Å². The number of hydrogen-bond acceptors (Lipinski definition) is 8. The number of amides is 6. The van der Waals surface area contributed by atoms with Crippen LogP contribution in [-0.4, -0.2) is 83.4 Å². The van der Waals surface area contributed by atoms with Gasteiger partial charge >= 0.3 is 5.97 Å². The minimum Gasteiger partial charge on any atom is -0.481 e. The number of ether oxygens (including phenoxy) is 1. The van der Waals surface area contributed by atoms with Crippen molar-refractivity contribution < 1.29 is 43.4 Å². The molecule has 0 aromatic rings. The summed E-state index contributed by atoms with van der Waals surface area (Å²) in [5, 5.41) is 15.6. The van der Waals surface area contributed by atoms with Gasteiger partial charge in [0.1, 0.15) is 25.4 Å². The molecule has 0 aromatic carbocycles. The van der Waals surface area contributed by atoms with Crippen molar-refractivity contribution in [2.24, 2.45) is 5.73 Å². The van der Waals surface area contributed by atoms with E-state index in [1.165, 1.54) is 6.92 Å². The fourth-order valence-electron chi connectivity index (χ4n) is 2.61. The molecule has 0 saturated heterocycles. The predicted molar refractivity (Wildman–Crippen MR) is 105 cm³/mol. The zero-order valence-corrected chi connectivity index (χ0v) is 17.3. The molecule has 0 aliphatic carbocycles. The van der Waals surface area contributed by atoms with Crippen LogP contribution in [0.4, 0.5) is 0 Å². The van der Waals surface area contributed by atoms with Crippen molar-refractivity contribution in [2.75, 3.05) is 19.9 Å². The van der Waals surface area contributed by atoms with Crippen LogP contribution in [0.5, 0.6) is 0 Å². The number of imide groups is 1. The van der Waals surface area contributed by atoms with Crippen LogP contribution in [0, 0.1) is 0 Å². The number of carboxylic acid groups (broad SMARTS) is 1. The highest BCUT2D eigenvalue weighted by Crippen LogP contribution is 2.15. The third-order valence-electron chi connectivity index (χ3n) is 4.11. The molecule has 1 aliphatic rings. The Hall–Kier alpha value is -3.81. The largest absolute Gasteiger partial charge is 0.481 e. The zero-order chi connectivity index (χ0) is 24.3. The number of hydrogen-bond donors (Lipinski definition) is 5. The third-order valence-corrected chi connectivity index (χ3v) is 4.11. The van der Waals surface area contributed by atoms with Gasteiger partial charge in [-0.1, -0.05) is 0 Å². The van der Waals surface area contributed by atoms with Crippen LogP contribution in [0.25, 0.3) is 0 Å². The van der Waals surface area contributed by atoms with Crippen LogP contribution in [0.15, 0.2) is 12.2 Å². The lowest BCUT2D eigenvalue weighted by atomic mass is 10.1. The Morgan fingerprint density at radius 3 is 2.28 bits per heavy atom. The van der Waals surface area contributed by atoms with Gasteiger partial charge in [0, 0.05) is 18.6 Å². The van der Waals surface area contributed by atoms with E-state index in [9.17, 15) is 33.6 Å². The Labute approximate surface area is 182 Å². The molecule has 2 unspecified atom stereocenters. The van der Waals surface area contributed by atoms with Crippen molar-refractivity contribution in [3.05, 3.63) is 12.2 Å². The van der Waals surface area contributed by atoms with E-state index < -0.39 is 66.6 Å². The Balaban J connectivity index is 2.55. The third kappa shape index (κ3) is 8.91. The fourth-order valence-corrected chi connectivity index (χ4v) is 2.61. The zero-order valence-electron chi connectivity index (χ0n) is 17.3. The molecule has 14 nitrogen and oxygen atoms in total. The van der Waals surface area contributed by atoms with Crippen LogP contribution in [0.1, 0.15) is 26.2 Å². The first-order chi connectivity index (χ1) is 15.0. The summed E-state index contributed by atoms with van der Waals surface area (Å²) >= 11 is 0. The SMILES string of the molecule is CC(NC(=O)CNC(=O)C(CCCC(=O)O)N1C(=O)C=CC1=O)C(=O)NCOCC(N)=O. The highest BCUT2D eigenvalue weighted by atomic mass is 16.5. The Morgan fingerprint density at radius 2 is 1.72 bits per heavy atom. The van der Waals surface area contributed by atoms with E-state index in [4.69, 9.17) is 15.6 Å². The molecule has 14 heteroatoms. The summed E-state index contributed by atoms with van der Waals surface area (Å²) in [6.07, 6.45) is 1.61. The molecule has 2 atom stereocenters. The van der Waals surface area contributed by atoms with E-state index in [2.05, 4.69) is 16.0 Å². The molecule has 1 heterocycles. The van der Waals surface area contributed by atoms with Crippen molar-refractivity contribution in [3.8, 4) is 0 Å². The summed E-state index contributed by atoms with van der Waals surface area (Å²) in [4.78, 5) is 82.1. The lowest BCUT2D eigenvalue weighted by Crippen LogP contribution is -2.53. The van der Waals surface area contributed by atoms with Crippen LogP contribution in [0.2, 0.25) is 0 Å². The minimum absolute atomic E-state index is 0.0195. The first-order valence-corrected chi connectivity index (χ1v) is 9.50. The first-order valence-electron chi connectivity index (χ1n) is 9.50. The van der Waals surface area contributed by atoms with Crippen molar-refractivity contribution in [1.82, 2.24) is 20.9 Å². The number of carbonyl (C=O) groups excluding carboxylic acids is 6. The molecule has 6 amide bonds. The van der Waals surface area contributed by atoms with Crippen LogP contribution < -0.4 is 21.7 Å². The maximum absolute atomic E-state index is 12.5. The number of carbonyl (C=O) groups is 7. The Morgan fingerprint density at radius 1 is 1.09 bits per heavy atom. The van der Waals surface area contributed by atoms with Gasteiger partial charge in [-0.05, 0) is 19.8 Å². The van der Waals surface area contributed by atoms with Gasteiger partial charge in [0.2, 0.25) is 23.6 Å². The van der Waals surface area contributed by atoms with Gasteiger partial charge in [-0.2, -0.15) is 0 Å². The Kier molecular flexibility index (Phi) is 10.5. The van der Waals surface area contributed by atoms with Crippen LogP contribution in [0.3, 0.4) is 0 Å². The lowest BCUT2D eigenvalue weighted by molar-refractivity contribution is -0.146. The van der Waals surface area contributed by atoms with Crippen molar-refractivity contribution in [3.63, 3.8) is 0 Å². The molecule has 1 rings (SSSR count). The monoisotopic (exact) mass is 455 g/mol. The van der Waals surface area contributed by atoms with E-state index in [0.717, 1.165) is 12.2 Å². The molecule has 176 valence electrons. The summed E-state index contributed by atoms with van der Waals surface area (Å²) in [5.74, 6) is -5.45. The maximum atomic E-state index is 12.5. The number of nitrogens with zero attached hydrogens (tertiary/aromatic N) is 1. The van der Waals surface area contributed by atoms with Gasteiger partial charge < -0.3 is 31.5 Å². The normalized spacial score (nSPS) is 14.6. The number of carboxylic acids is 1. The summed E-state index contributed by atoms with van der Waals surface area (Å²) < 4.78 is 4.76. The molecule has 32 heavy (non-hydrogen) atoms. The topological polar surface area (TPSA) is 214 Å². The van der Waals surface area contributed by atoms with Gasteiger partial charge in [0.05, 0.1) is 6.54 Å². The highest BCUT2D eigenvalue weighted by molar-refractivity contribution is 6.15. The van der Waals surface area contributed by atoms with Crippen molar-refractivity contribution in [2.45, 2.75) is 38.3 Å². The smallest absolute Gasteiger partial charge is 0.303 e. The van der Waals surface area contributed by atoms with Gasteiger partial charge in [-0.25, -0.2) is 0 Å². The number of primary amides is 1. The minimum atomic E-state index is -1.29. The Bertz CT molecular complexity index is 793. The summed E-state index contributed by atoms with van der Waals surface area (Å²) in [6, 6.07) is -2.30. The van der Waals surface area contributed by atoms with Crippen molar-refractivity contribution in [1.29, 1.82) is 0 Å². The molecular formula is C18H25N5O9. The molecular weight excluding hydrogens is 430 g/mol. The average molecular weight is 455 g/mol. The second-order valence-electron chi connectivity index (χ2n) is 6.69. The average Bonchev–Trinajstić information content (AvgIpc) is 3.04. The molecule has 0 aromatic heterocycles. The second-order valence-corrected chi connectivity index (χ2v) is 6.69. The lowest BCUT2D eigenvalue weighted by Gasteiger charge is -2.25. The fraction of sp³-hybridized carbons (Fsp3) is 0.500. The molecule has 0 fully saturated rings.